The van der Waals surface area contributed by atoms with E-state index in [1.54, 1.807) is 12.1 Å². The highest BCUT2D eigenvalue weighted by atomic mass is 16.5. The summed E-state index contributed by atoms with van der Waals surface area (Å²) in [5.41, 5.74) is 0.522. The average molecular weight is 277 g/mol. The van der Waals surface area contributed by atoms with Crippen molar-refractivity contribution in [3.05, 3.63) is 29.8 Å². The van der Waals surface area contributed by atoms with Crippen LogP contribution in [0.15, 0.2) is 24.3 Å². The lowest BCUT2D eigenvalue weighted by Crippen LogP contribution is -2.45. The molecule has 0 aromatic heterocycles. The van der Waals surface area contributed by atoms with E-state index in [-0.39, 0.29) is 12.1 Å². The predicted molar refractivity (Wildman–Crippen MR) is 78.1 cm³/mol. The van der Waals surface area contributed by atoms with E-state index in [0.717, 1.165) is 18.7 Å². The van der Waals surface area contributed by atoms with Gasteiger partial charge in [-0.05, 0) is 51.6 Å². The van der Waals surface area contributed by atoms with E-state index in [9.17, 15) is 4.79 Å². The Hall–Kier alpha value is -1.55. The molecule has 0 bridgehead atoms. The smallest absolute Gasteiger partial charge is 0.337 e. The third kappa shape index (κ3) is 3.51. The largest absolute Gasteiger partial charge is 0.489 e. The van der Waals surface area contributed by atoms with Crippen molar-refractivity contribution in [3.63, 3.8) is 0 Å². The van der Waals surface area contributed by atoms with Crippen molar-refractivity contribution in [2.75, 3.05) is 20.7 Å². The van der Waals surface area contributed by atoms with Crippen molar-refractivity contribution in [2.24, 2.45) is 0 Å². The molecule has 1 aliphatic rings. The van der Waals surface area contributed by atoms with Crippen LogP contribution in [-0.4, -0.2) is 43.7 Å². The summed E-state index contributed by atoms with van der Waals surface area (Å²) in [6.45, 7) is 3.22. The quantitative estimate of drug-likeness (QED) is 0.793. The molecule has 0 radical (unpaired) electrons. The summed E-state index contributed by atoms with van der Waals surface area (Å²) in [6, 6.07) is 7.61. The van der Waals surface area contributed by atoms with Gasteiger partial charge in [0.1, 0.15) is 11.9 Å². The van der Waals surface area contributed by atoms with Crippen LogP contribution >= 0.6 is 0 Å². The molecular formula is C16H23NO3. The first-order valence-electron chi connectivity index (χ1n) is 7.17. The van der Waals surface area contributed by atoms with Gasteiger partial charge in [-0.15, -0.1) is 0 Å². The van der Waals surface area contributed by atoms with E-state index in [2.05, 4.69) is 18.9 Å². The molecule has 1 aliphatic heterocycles. The maximum atomic E-state index is 11.5. The summed E-state index contributed by atoms with van der Waals surface area (Å²) in [5.74, 6) is 0.386. The number of esters is 1. The van der Waals surface area contributed by atoms with E-state index in [0.29, 0.717) is 11.6 Å². The van der Waals surface area contributed by atoms with Gasteiger partial charge in [0.2, 0.25) is 0 Å². The van der Waals surface area contributed by atoms with Crippen LogP contribution in [0.4, 0.5) is 0 Å². The molecular weight excluding hydrogens is 254 g/mol. The van der Waals surface area contributed by atoms with E-state index >= 15 is 0 Å². The Morgan fingerprint density at radius 2 is 2.20 bits per heavy atom. The number of benzene rings is 1. The molecule has 1 aromatic rings. The summed E-state index contributed by atoms with van der Waals surface area (Å²) < 4.78 is 10.7. The maximum absolute atomic E-state index is 11.5. The number of nitrogens with zero attached hydrogens (tertiary/aromatic N) is 1. The second-order valence-corrected chi connectivity index (χ2v) is 5.39. The molecule has 2 rings (SSSR count). The first-order chi connectivity index (χ1) is 9.61. The number of piperidine rings is 1. The fourth-order valence-electron chi connectivity index (χ4n) is 2.80. The van der Waals surface area contributed by atoms with Crippen molar-refractivity contribution >= 4 is 5.97 Å². The fraction of sp³-hybridized carbons (Fsp3) is 0.562. The number of carbonyl (C=O) groups is 1. The van der Waals surface area contributed by atoms with Gasteiger partial charge in [-0.1, -0.05) is 12.5 Å². The molecule has 0 aliphatic carbocycles. The van der Waals surface area contributed by atoms with Gasteiger partial charge in [0, 0.05) is 6.04 Å². The Morgan fingerprint density at radius 1 is 1.40 bits per heavy atom. The van der Waals surface area contributed by atoms with Gasteiger partial charge in [0.15, 0.2) is 0 Å². The van der Waals surface area contributed by atoms with Crippen LogP contribution in [0.2, 0.25) is 0 Å². The molecule has 2 atom stereocenters. The zero-order valence-electron chi connectivity index (χ0n) is 12.5. The zero-order chi connectivity index (χ0) is 14.5. The first-order valence-corrected chi connectivity index (χ1v) is 7.17. The van der Waals surface area contributed by atoms with Crippen molar-refractivity contribution in [1.82, 2.24) is 4.90 Å². The van der Waals surface area contributed by atoms with Crippen LogP contribution in [0.1, 0.15) is 36.5 Å². The second kappa shape index (κ2) is 6.75. The van der Waals surface area contributed by atoms with Crippen molar-refractivity contribution in [1.29, 1.82) is 0 Å². The SMILES string of the molecule is COC(=O)c1cccc(OC(C)C2CCCCN2C)c1. The normalized spacial score (nSPS) is 21.2. The molecule has 1 saturated heterocycles. The van der Waals surface area contributed by atoms with Gasteiger partial charge in [-0.3, -0.25) is 4.90 Å². The van der Waals surface area contributed by atoms with Gasteiger partial charge in [0.05, 0.1) is 12.7 Å². The Morgan fingerprint density at radius 3 is 2.90 bits per heavy atom. The van der Waals surface area contributed by atoms with Crippen LogP contribution in [0.25, 0.3) is 0 Å². The summed E-state index contributed by atoms with van der Waals surface area (Å²) in [6.07, 6.45) is 3.78. The Labute approximate surface area is 120 Å². The lowest BCUT2D eigenvalue weighted by atomic mass is 9.99. The van der Waals surface area contributed by atoms with Gasteiger partial charge in [-0.2, -0.15) is 0 Å². The Bertz CT molecular complexity index is 461. The highest BCUT2D eigenvalue weighted by Gasteiger charge is 2.26. The third-order valence-electron chi connectivity index (χ3n) is 3.95. The lowest BCUT2D eigenvalue weighted by Gasteiger charge is -2.36. The molecule has 0 N–H and O–H groups in total. The number of hydrogen-bond donors (Lipinski definition) is 0. The molecule has 1 heterocycles. The van der Waals surface area contributed by atoms with Crippen molar-refractivity contribution in [2.45, 2.75) is 38.3 Å². The summed E-state index contributed by atoms with van der Waals surface area (Å²) >= 11 is 0. The molecule has 2 unspecified atom stereocenters. The van der Waals surface area contributed by atoms with Gasteiger partial charge >= 0.3 is 5.97 Å². The number of likely N-dealkylation sites (tertiary alicyclic amines) is 1. The first kappa shape index (κ1) is 14.9. The summed E-state index contributed by atoms with van der Waals surface area (Å²) in [5, 5.41) is 0. The number of rotatable bonds is 4. The van der Waals surface area contributed by atoms with Crippen LogP contribution < -0.4 is 4.74 Å². The number of likely N-dealkylation sites (N-methyl/N-ethyl adjacent to an activating group) is 1. The molecule has 1 aromatic carbocycles. The summed E-state index contributed by atoms with van der Waals surface area (Å²) in [7, 11) is 3.53. The Kier molecular flexibility index (Phi) is 5.01. The van der Waals surface area contributed by atoms with Gasteiger partial charge in [0.25, 0.3) is 0 Å². The maximum Gasteiger partial charge on any atom is 0.337 e. The van der Waals surface area contributed by atoms with Crippen LogP contribution in [0.5, 0.6) is 5.75 Å². The molecule has 0 saturated carbocycles. The summed E-state index contributed by atoms with van der Waals surface area (Å²) in [4.78, 5) is 13.9. The Balaban J connectivity index is 2.03. The number of hydrogen-bond acceptors (Lipinski definition) is 4. The molecule has 20 heavy (non-hydrogen) atoms. The highest BCUT2D eigenvalue weighted by Crippen LogP contribution is 2.22. The van der Waals surface area contributed by atoms with Gasteiger partial charge in [-0.25, -0.2) is 4.79 Å². The van der Waals surface area contributed by atoms with E-state index in [1.165, 1.54) is 20.0 Å². The van der Waals surface area contributed by atoms with Crippen LogP contribution in [-0.2, 0) is 4.74 Å². The number of ether oxygens (including phenoxy) is 2. The molecule has 4 heteroatoms. The van der Waals surface area contributed by atoms with E-state index in [1.807, 2.05) is 12.1 Å². The average Bonchev–Trinajstić information content (AvgIpc) is 2.47. The van der Waals surface area contributed by atoms with E-state index in [4.69, 9.17) is 9.47 Å². The topological polar surface area (TPSA) is 38.8 Å². The third-order valence-corrected chi connectivity index (χ3v) is 3.95. The van der Waals surface area contributed by atoms with Gasteiger partial charge < -0.3 is 9.47 Å². The predicted octanol–water partition coefficient (Wildman–Crippen LogP) is 2.72. The lowest BCUT2D eigenvalue weighted by molar-refractivity contribution is 0.0594. The molecule has 110 valence electrons. The number of carbonyl (C=O) groups excluding carboxylic acids is 1. The van der Waals surface area contributed by atoms with Crippen molar-refractivity contribution < 1.29 is 14.3 Å². The second-order valence-electron chi connectivity index (χ2n) is 5.39. The highest BCUT2D eigenvalue weighted by molar-refractivity contribution is 5.89. The standard InChI is InChI=1S/C16H23NO3/c1-12(15-9-4-5-10-17(15)2)20-14-8-6-7-13(11-14)16(18)19-3/h6-8,11-12,15H,4-5,9-10H2,1-3H3. The minimum absolute atomic E-state index is 0.105. The van der Waals surface area contributed by atoms with Crippen LogP contribution in [0.3, 0.4) is 0 Å². The van der Waals surface area contributed by atoms with Crippen molar-refractivity contribution in [3.8, 4) is 5.75 Å². The minimum atomic E-state index is -0.335. The zero-order valence-corrected chi connectivity index (χ0v) is 12.5. The molecule has 0 spiro atoms. The van der Waals surface area contributed by atoms with E-state index < -0.39 is 0 Å². The molecule has 1 fully saturated rings. The monoisotopic (exact) mass is 277 g/mol. The fourth-order valence-corrected chi connectivity index (χ4v) is 2.80. The number of methoxy groups -OCH3 is 1. The minimum Gasteiger partial charge on any atom is -0.489 e. The molecule has 4 nitrogen and oxygen atoms in total. The molecule has 0 amide bonds. The van der Waals surface area contributed by atoms with Crippen LogP contribution in [0, 0.1) is 0 Å².